The summed E-state index contributed by atoms with van der Waals surface area (Å²) in [5.74, 6) is 1.10. The third-order valence-corrected chi connectivity index (χ3v) is 7.54. The normalized spacial score (nSPS) is 15.5. The number of hydrogen-bond donors (Lipinski definition) is 0. The summed E-state index contributed by atoms with van der Waals surface area (Å²) in [6.45, 7) is 5.77. The van der Waals surface area contributed by atoms with E-state index in [2.05, 4.69) is 72.3 Å². The molecule has 31 heavy (non-hydrogen) atoms. The van der Waals surface area contributed by atoms with Crippen molar-refractivity contribution in [3.8, 4) is 5.75 Å². The number of carbonyl (C=O) groups excluding carboxylic acids is 1. The second kappa shape index (κ2) is 10.5. The predicted octanol–water partition coefficient (Wildman–Crippen LogP) is 6.47. The number of aromatic nitrogens is 1. The van der Waals surface area contributed by atoms with E-state index in [0.29, 0.717) is 6.10 Å². The van der Waals surface area contributed by atoms with Crippen LogP contribution in [0.5, 0.6) is 5.75 Å². The zero-order valence-corrected chi connectivity index (χ0v) is 21.6. The van der Waals surface area contributed by atoms with E-state index in [9.17, 15) is 4.79 Å². The van der Waals surface area contributed by atoms with Crippen molar-refractivity contribution in [3.63, 3.8) is 0 Å². The summed E-state index contributed by atoms with van der Waals surface area (Å²) >= 11 is 6.04. The Balaban J connectivity index is 1.28. The molecule has 1 aliphatic heterocycles. The van der Waals surface area contributed by atoms with Gasteiger partial charge < -0.3 is 14.2 Å². The molecule has 0 atom stereocenters. The number of carbonyl (C=O) groups is 1. The molecule has 2 heterocycles. The second-order valence-electron chi connectivity index (χ2n) is 8.22. The minimum Gasteiger partial charge on any atom is -0.490 e. The first-order chi connectivity index (χ1) is 15.0. The lowest BCUT2D eigenvalue weighted by Gasteiger charge is -2.32. The standard InChI is InChI=1S/C25H28BrIN2O2/c1-18(30)23-17-29(25-22(23)4-2-5-24(25)26)13-3-12-28-14-10-21(11-15-28)31-20-8-6-19(16-27)7-9-20/h2,4-9,17,21H,3,10-16H2,1H3. The van der Waals surface area contributed by atoms with Crippen LogP contribution >= 0.6 is 38.5 Å². The quantitative estimate of drug-likeness (QED) is 0.170. The van der Waals surface area contributed by atoms with Crippen molar-refractivity contribution in [3.05, 3.63) is 64.3 Å². The highest BCUT2D eigenvalue weighted by atomic mass is 127. The maximum Gasteiger partial charge on any atom is 0.161 e. The largest absolute Gasteiger partial charge is 0.490 e. The molecule has 0 N–H and O–H groups in total. The third kappa shape index (κ3) is 5.52. The number of alkyl halides is 1. The molecule has 3 aromatic rings. The summed E-state index contributed by atoms with van der Waals surface area (Å²) in [5.41, 5.74) is 3.26. The van der Waals surface area contributed by atoms with E-state index in [1.165, 1.54) is 5.56 Å². The molecule has 1 saturated heterocycles. The molecule has 0 radical (unpaired) electrons. The SMILES string of the molecule is CC(=O)c1cn(CCCN2CCC(Oc3ccc(CI)cc3)CC2)c2c(Br)cccc12. The molecule has 1 fully saturated rings. The number of fused-ring (bicyclic) bond motifs is 1. The number of benzene rings is 2. The predicted molar refractivity (Wildman–Crippen MR) is 139 cm³/mol. The lowest BCUT2D eigenvalue weighted by atomic mass is 10.1. The Bertz CT molecular complexity index is 1040. The molecule has 1 aliphatic rings. The van der Waals surface area contributed by atoms with E-state index in [1.807, 2.05) is 24.4 Å². The van der Waals surface area contributed by atoms with Crippen LogP contribution in [0.3, 0.4) is 0 Å². The van der Waals surface area contributed by atoms with Gasteiger partial charge in [0.25, 0.3) is 0 Å². The van der Waals surface area contributed by atoms with Crippen molar-refractivity contribution in [2.75, 3.05) is 19.6 Å². The van der Waals surface area contributed by atoms with Crippen LogP contribution in [0.1, 0.15) is 42.1 Å². The minimum atomic E-state index is 0.118. The highest BCUT2D eigenvalue weighted by Crippen LogP contribution is 2.29. The fraction of sp³-hybridized carbons (Fsp3) is 0.400. The number of halogens is 2. The number of piperidine rings is 1. The summed E-state index contributed by atoms with van der Waals surface area (Å²) in [6, 6.07) is 14.6. The van der Waals surface area contributed by atoms with Gasteiger partial charge in [-0.25, -0.2) is 0 Å². The van der Waals surface area contributed by atoms with Crippen molar-refractivity contribution < 1.29 is 9.53 Å². The van der Waals surface area contributed by atoms with Crippen molar-refractivity contribution in [2.45, 2.75) is 43.3 Å². The monoisotopic (exact) mass is 594 g/mol. The topological polar surface area (TPSA) is 34.5 Å². The average molecular weight is 595 g/mol. The van der Waals surface area contributed by atoms with E-state index >= 15 is 0 Å². The number of Topliss-reactive ketones (excluding diaryl/α,β-unsaturated/α-hetero) is 1. The molecule has 0 aliphatic carbocycles. The van der Waals surface area contributed by atoms with Crippen LogP contribution in [-0.4, -0.2) is 41.0 Å². The van der Waals surface area contributed by atoms with Gasteiger partial charge in [-0.1, -0.05) is 46.9 Å². The Labute approximate surface area is 206 Å². The maximum atomic E-state index is 12.0. The van der Waals surface area contributed by atoms with E-state index in [-0.39, 0.29) is 5.78 Å². The van der Waals surface area contributed by atoms with Gasteiger partial charge in [0.05, 0.1) is 5.52 Å². The number of rotatable bonds is 8. The Morgan fingerprint density at radius 1 is 1.13 bits per heavy atom. The van der Waals surface area contributed by atoms with Gasteiger partial charge in [0.1, 0.15) is 11.9 Å². The van der Waals surface area contributed by atoms with Gasteiger partial charge in [-0.2, -0.15) is 0 Å². The summed E-state index contributed by atoms with van der Waals surface area (Å²) in [6.07, 6.45) is 5.53. The van der Waals surface area contributed by atoms with Crippen LogP contribution < -0.4 is 4.74 Å². The number of ketones is 1. The van der Waals surface area contributed by atoms with Gasteiger partial charge in [0.15, 0.2) is 5.78 Å². The first-order valence-corrected chi connectivity index (χ1v) is 13.2. The molecule has 4 rings (SSSR count). The summed E-state index contributed by atoms with van der Waals surface area (Å²) in [4.78, 5) is 14.6. The third-order valence-electron chi connectivity index (χ3n) is 6.02. The molecule has 164 valence electrons. The van der Waals surface area contributed by atoms with Crippen LogP contribution in [-0.2, 0) is 11.0 Å². The summed E-state index contributed by atoms with van der Waals surface area (Å²) < 4.78 is 10.5. The highest BCUT2D eigenvalue weighted by molar-refractivity contribution is 14.1. The molecule has 0 bridgehead atoms. The van der Waals surface area contributed by atoms with Gasteiger partial charge in [-0.3, -0.25) is 4.79 Å². The van der Waals surface area contributed by atoms with Crippen molar-refractivity contribution in [1.29, 1.82) is 0 Å². The minimum absolute atomic E-state index is 0.118. The Morgan fingerprint density at radius 3 is 2.55 bits per heavy atom. The zero-order chi connectivity index (χ0) is 21.8. The Kier molecular flexibility index (Phi) is 7.72. The number of hydrogen-bond acceptors (Lipinski definition) is 3. The number of ether oxygens (including phenoxy) is 1. The first-order valence-electron chi connectivity index (χ1n) is 10.9. The molecule has 0 amide bonds. The van der Waals surface area contributed by atoms with E-state index < -0.39 is 0 Å². The van der Waals surface area contributed by atoms with E-state index in [0.717, 1.165) is 76.6 Å². The Hall–Kier alpha value is -1.38. The molecular weight excluding hydrogens is 567 g/mol. The molecule has 1 aromatic heterocycles. The van der Waals surface area contributed by atoms with Crippen molar-refractivity contribution >= 4 is 55.2 Å². The summed E-state index contributed by atoms with van der Waals surface area (Å²) in [7, 11) is 0. The van der Waals surface area contributed by atoms with Gasteiger partial charge in [-0.15, -0.1) is 0 Å². The van der Waals surface area contributed by atoms with Gasteiger partial charge in [0.2, 0.25) is 0 Å². The lowest BCUT2D eigenvalue weighted by molar-refractivity contribution is 0.0993. The molecular formula is C25H28BrIN2O2. The van der Waals surface area contributed by atoms with Crippen LogP contribution in [0.4, 0.5) is 0 Å². The highest BCUT2D eigenvalue weighted by Gasteiger charge is 2.20. The van der Waals surface area contributed by atoms with Crippen LogP contribution in [0.2, 0.25) is 0 Å². The number of aryl methyl sites for hydroxylation is 1. The van der Waals surface area contributed by atoms with Crippen LogP contribution in [0.25, 0.3) is 10.9 Å². The first kappa shape index (κ1) is 22.8. The Morgan fingerprint density at radius 2 is 1.87 bits per heavy atom. The second-order valence-corrected chi connectivity index (χ2v) is 9.84. The van der Waals surface area contributed by atoms with Crippen LogP contribution in [0.15, 0.2) is 53.1 Å². The molecule has 2 aromatic carbocycles. The van der Waals surface area contributed by atoms with E-state index in [4.69, 9.17) is 4.74 Å². The number of para-hydroxylation sites is 1. The fourth-order valence-electron chi connectivity index (χ4n) is 4.34. The van der Waals surface area contributed by atoms with Gasteiger partial charge in [0, 0.05) is 45.7 Å². The van der Waals surface area contributed by atoms with Gasteiger partial charge >= 0.3 is 0 Å². The molecule has 0 saturated carbocycles. The lowest BCUT2D eigenvalue weighted by Crippen LogP contribution is -2.38. The smallest absolute Gasteiger partial charge is 0.161 e. The molecule has 0 unspecified atom stereocenters. The van der Waals surface area contributed by atoms with Crippen molar-refractivity contribution in [2.24, 2.45) is 0 Å². The molecule has 0 spiro atoms. The number of likely N-dealkylation sites (tertiary alicyclic amines) is 1. The van der Waals surface area contributed by atoms with Gasteiger partial charge in [-0.05, 0) is 72.4 Å². The van der Waals surface area contributed by atoms with E-state index in [1.54, 1.807) is 6.92 Å². The fourth-order valence-corrected chi connectivity index (χ4v) is 5.44. The summed E-state index contributed by atoms with van der Waals surface area (Å²) in [5, 5.41) is 1.03. The number of nitrogens with zero attached hydrogens (tertiary/aromatic N) is 2. The van der Waals surface area contributed by atoms with Crippen molar-refractivity contribution in [1.82, 2.24) is 9.47 Å². The maximum absolute atomic E-state index is 12.0. The zero-order valence-electron chi connectivity index (χ0n) is 17.8. The molecule has 6 heteroatoms. The van der Waals surface area contributed by atoms with Crippen LogP contribution in [0, 0.1) is 0 Å². The molecule has 4 nitrogen and oxygen atoms in total. The average Bonchev–Trinajstić information content (AvgIpc) is 3.16.